The van der Waals surface area contributed by atoms with Gasteiger partial charge in [-0.3, -0.25) is 4.79 Å². The molecule has 0 bridgehead atoms. The Hall–Kier alpha value is -1.56. The molecule has 0 aromatic heterocycles. The molecule has 7 heteroatoms. The third kappa shape index (κ3) is 3.56. The van der Waals surface area contributed by atoms with Gasteiger partial charge in [0.05, 0.1) is 21.8 Å². The number of carbonyl (C=O) groups excluding carboxylic acids is 1. The van der Waals surface area contributed by atoms with Gasteiger partial charge in [-0.15, -0.1) is 0 Å². The Morgan fingerprint density at radius 1 is 1.10 bits per heavy atom. The molecule has 0 heterocycles. The summed E-state index contributed by atoms with van der Waals surface area (Å²) < 4.78 is 0.453. The number of para-hydroxylation sites is 1. The summed E-state index contributed by atoms with van der Waals surface area (Å²) in [5, 5.41) is 12.3. The number of amides is 1. The highest BCUT2D eigenvalue weighted by atomic mass is 79.9. The molecule has 0 fully saturated rings. The van der Waals surface area contributed by atoms with Crippen LogP contribution in [0.15, 0.2) is 40.9 Å². The predicted octanol–water partition coefficient (Wildman–Crippen LogP) is 4.71. The third-order valence-corrected chi connectivity index (χ3v) is 3.88. The number of benzene rings is 2. The molecule has 0 aliphatic rings. The lowest BCUT2D eigenvalue weighted by Gasteiger charge is -2.11. The second-order valence-corrected chi connectivity index (χ2v) is 5.74. The summed E-state index contributed by atoms with van der Waals surface area (Å²) in [5.74, 6) is -1.69. The Labute approximate surface area is 138 Å². The molecule has 0 saturated heterocycles. The number of carbonyl (C=O) groups is 2. The largest absolute Gasteiger partial charge is 0.478 e. The summed E-state index contributed by atoms with van der Waals surface area (Å²) in [4.78, 5) is 23.4. The standard InChI is InChI=1S/C14H8BrCl2NO3/c15-10-3-1-2-8(14(20)21)12(10)18-13(19)9-6-7(16)4-5-11(9)17/h1-6H,(H,18,19)(H,20,21). The van der Waals surface area contributed by atoms with Crippen molar-refractivity contribution in [1.29, 1.82) is 0 Å². The third-order valence-electron chi connectivity index (χ3n) is 2.66. The van der Waals surface area contributed by atoms with Gasteiger partial charge in [-0.2, -0.15) is 0 Å². The van der Waals surface area contributed by atoms with E-state index in [0.717, 1.165) is 0 Å². The van der Waals surface area contributed by atoms with Crippen LogP contribution in [0.5, 0.6) is 0 Å². The molecule has 2 rings (SSSR count). The fourth-order valence-electron chi connectivity index (χ4n) is 1.68. The van der Waals surface area contributed by atoms with Crippen LogP contribution >= 0.6 is 39.1 Å². The number of halogens is 3. The van der Waals surface area contributed by atoms with Crippen LogP contribution in [-0.2, 0) is 0 Å². The maximum absolute atomic E-state index is 12.2. The first-order valence-electron chi connectivity index (χ1n) is 5.68. The summed E-state index contributed by atoms with van der Waals surface area (Å²) >= 11 is 15.0. The smallest absolute Gasteiger partial charge is 0.337 e. The topological polar surface area (TPSA) is 66.4 Å². The van der Waals surface area contributed by atoms with Crippen LogP contribution < -0.4 is 5.32 Å². The number of aromatic carboxylic acids is 1. The second-order valence-electron chi connectivity index (χ2n) is 4.05. The molecule has 2 N–H and O–H groups in total. The molecule has 108 valence electrons. The molecular weight excluding hydrogens is 381 g/mol. The minimum atomic E-state index is -1.15. The maximum atomic E-state index is 12.2. The fraction of sp³-hybridized carbons (Fsp3) is 0. The van der Waals surface area contributed by atoms with Gasteiger partial charge >= 0.3 is 5.97 Å². The van der Waals surface area contributed by atoms with E-state index >= 15 is 0 Å². The van der Waals surface area contributed by atoms with Crippen molar-refractivity contribution < 1.29 is 14.7 Å². The minimum Gasteiger partial charge on any atom is -0.478 e. The van der Waals surface area contributed by atoms with Gasteiger partial charge in [0.1, 0.15) is 0 Å². The number of nitrogens with one attached hydrogen (secondary N) is 1. The molecule has 4 nitrogen and oxygen atoms in total. The number of hydrogen-bond donors (Lipinski definition) is 2. The van der Waals surface area contributed by atoms with Gasteiger partial charge in [0, 0.05) is 9.50 Å². The van der Waals surface area contributed by atoms with E-state index in [1.54, 1.807) is 18.2 Å². The number of carboxylic acid groups (broad SMARTS) is 1. The summed E-state index contributed by atoms with van der Waals surface area (Å²) in [6.07, 6.45) is 0. The number of hydrogen-bond acceptors (Lipinski definition) is 2. The average Bonchev–Trinajstić information content (AvgIpc) is 2.43. The van der Waals surface area contributed by atoms with Crippen molar-refractivity contribution >= 4 is 56.7 Å². The van der Waals surface area contributed by atoms with Gasteiger partial charge in [-0.25, -0.2) is 4.79 Å². The lowest BCUT2D eigenvalue weighted by Crippen LogP contribution is -2.15. The van der Waals surface area contributed by atoms with Gasteiger partial charge in [0.15, 0.2) is 0 Å². The Morgan fingerprint density at radius 3 is 2.48 bits per heavy atom. The van der Waals surface area contributed by atoms with Gasteiger partial charge < -0.3 is 10.4 Å². The van der Waals surface area contributed by atoms with Crippen molar-refractivity contribution in [2.45, 2.75) is 0 Å². The monoisotopic (exact) mass is 387 g/mol. The van der Waals surface area contributed by atoms with Gasteiger partial charge in [0.2, 0.25) is 0 Å². The molecule has 0 saturated carbocycles. The number of anilines is 1. The van der Waals surface area contributed by atoms with Crippen molar-refractivity contribution in [2.24, 2.45) is 0 Å². The average molecular weight is 389 g/mol. The van der Waals surface area contributed by atoms with Crippen molar-refractivity contribution in [2.75, 3.05) is 5.32 Å². The zero-order valence-corrected chi connectivity index (χ0v) is 13.5. The van der Waals surface area contributed by atoms with Crippen molar-refractivity contribution in [1.82, 2.24) is 0 Å². The fourth-order valence-corrected chi connectivity index (χ4v) is 2.52. The first-order chi connectivity index (χ1) is 9.90. The predicted molar refractivity (Wildman–Crippen MR) is 85.5 cm³/mol. The van der Waals surface area contributed by atoms with E-state index in [0.29, 0.717) is 9.50 Å². The molecule has 21 heavy (non-hydrogen) atoms. The molecule has 1 amide bonds. The van der Waals surface area contributed by atoms with E-state index < -0.39 is 11.9 Å². The molecular formula is C14H8BrCl2NO3. The summed E-state index contributed by atoms with van der Waals surface area (Å²) in [7, 11) is 0. The lowest BCUT2D eigenvalue weighted by molar-refractivity contribution is 0.0698. The maximum Gasteiger partial charge on any atom is 0.337 e. The quantitative estimate of drug-likeness (QED) is 0.800. The molecule has 0 spiro atoms. The Bertz CT molecular complexity index is 734. The first kappa shape index (κ1) is 15.8. The Kier molecular flexibility index (Phi) is 4.88. The molecule has 2 aromatic carbocycles. The summed E-state index contributed by atoms with van der Waals surface area (Å²) in [5.41, 5.74) is 0.290. The zero-order valence-electron chi connectivity index (χ0n) is 10.4. The van der Waals surface area contributed by atoms with E-state index in [1.165, 1.54) is 18.2 Å². The first-order valence-corrected chi connectivity index (χ1v) is 7.23. The Balaban J connectivity index is 2.41. The highest BCUT2D eigenvalue weighted by Crippen LogP contribution is 2.28. The highest BCUT2D eigenvalue weighted by molar-refractivity contribution is 9.10. The molecule has 2 aromatic rings. The second kappa shape index (κ2) is 6.47. The lowest BCUT2D eigenvalue weighted by atomic mass is 10.1. The number of rotatable bonds is 3. The van der Waals surface area contributed by atoms with Crippen LogP contribution in [0.1, 0.15) is 20.7 Å². The normalized spacial score (nSPS) is 10.2. The van der Waals surface area contributed by atoms with E-state index in [2.05, 4.69) is 21.2 Å². The van der Waals surface area contributed by atoms with Crippen LogP contribution in [0.25, 0.3) is 0 Å². The molecule has 0 atom stereocenters. The van der Waals surface area contributed by atoms with Gasteiger partial charge in [-0.05, 0) is 46.3 Å². The number of carboxylic acids is 1. The van der Waals surface area contributed by atoms with Crippen LogP contribution in [0, 0.1) is 0 Å². The molecule has 0 unspecified atom stereocenters. The SMILES string of the molecule is O=C(Nc1c(Br)cccc1C(=O)O)c1cc(Cl)ccc1Cl. The van der Waals surface area contributed by atoms with Gasteiger partial charge in [-0.1, -0.05) is 29.3 Å². The van der Waals surface area contributed by atoms with E-state index in [4.69, 9.17) is 28.3 Å². The van der Waals surface area contributed by atoms with Crippen molar-refractivity contribution in [3.05, 3.63) is 62.0 Å². The van der Waals surface area contributed by atoms with Crippen LogP contribution in [-0.4, -0.2) is 17.0 Å². The Morgan fingerprint density at radius 2 is 1.81 bits per heavy atom. The van der Waals surface area contributed by atoms with Crippen LogP contribution in [0.4, 0.5) is 5.69 Å². The molecule has 0 radical (unpaired) electrons. The summed E-state index contributed by atoms with van der Waals surface area (Å²) in [6, 6.07) is 9.05. The zero-order chi connectivity index (χ0) is 15.6. The minimum absolute atomic E-state index is 0.0316. The van der Waals surface area contributed by atoms with E-state index in [-0.39, 0.29) is 21.8 Å². The van der Waals surface area contributed by atoms with E-state index in [1.807, 2.05) is 0 Å². The van der Waals surface area contributed by atoms with Gasteiger partial charge in [0.25, 0.3) is 5.91 Å². The van der Waals surface area contributed by atoms with Crippen LogP contribution in [0.2, 0.25) is 10.0 Å². The van der Waals surface area contributed by atoms with Crippen LogP contribution in [0.3, 0.4) is 0 Å². The van der Waals surface area contributed by atoms with E-state index in [9.17, 15) is 9.59 Å². The summed E-state index contributed by atoms with van der Waals surface area (Å²) in [6.45, 7) is 0. The highest BCUT2D eigenvalue weighted by Gasteiger charge is 2.18. The van der Waals surface area contributed by atoms with Crippen molar-refractivity contribution in [3.63, 3.8) is 0 Å². The molecule has 0 aliphatic carbocycles. The molecule has 0 aliphatic heterocycles. The van der Waals surface area contributed by atoms with Crippen molar-refractivity contribution in [3.8, 4) is 0 Å².